The van der Waals surface area contributed by atoms with Crippen LogP contribution >= 0.6 is 11.6 Å². The minimum Gasteiger partial charge on any atom is -0.872 e. The number of aromatic carboxylic acids is 2. The molecule has 284 valence electrons. The van der Waals surface area contributed by atoms with Crippen molar-refractivity contribution in [3.05, 3.63) is 154 Å². The predicted octanol–water partition coefficient (Wildman–Crippen LogP) is 6.82. The minimum absolute atomic E-state index is 0.0909. The predicted molar refractivity (Wildman–Crippen MR) is 211 cm³/mol. The SMILES string of the molecule is O=C(O)c1cc2ccccc2c(Cc2c(O)c(C(=O)O)cc3ccccc23)c1[O-].OCCOCCN1CCN(C(c2ccccc2)c2ccc(Cl)cc2)CC1. The van der Waals surface area contributed by atoms with Crippen LogP contribution in [0.1, 0.15) is 49.0 Å². The zero-order valence-electron chi connectivity index (χ0n) is 30.1. The zero-order chi connectivity index (χ0) is 38.9. The number of benzene rings is 6. The molecule has 0 bridgehead atoms. The van der Waals surface area contributed by atoms with E-state index in [1.54, 1.807) is 48.5 Å². The number of halogens is 1. The fourth-order valence-electron chi connectivity index (χ4n) is 7.17. The lowest BCUT2D eigenvalue weighted by molar-refractivity contribution is -0.269. The molecule has 1 aliphatic heterocycles. The van der Waals surface area contributed by atoms with Gasteiger partial charge in [0.05, 0.1) is 31.4 Å². The van der Waals surface area contributed by atoms with Crippen LogP contribution < -0.4 is 5.11 Å². The van der Waals surface area contributed by atoms with Crippen LogP contribution in [0.5, 0.6) is 11.5 Å². The number of nitrogens with zero attached hydrogens (tertiary/aromatic N) is 2. The van der Waals surface area contributed by atoms with Crippen LogP contribution in [0, 0.1) is 0 Å². The number of carbonyl (C=O) groups is 2. The molecule has 1 fully saturated rings. The Balaban J connectivity index is 0.000000188. The van der Waals surface area contributed by atoms with Gasteiger partial charge in [0, 0.05) is 49.7 Å². The highest BCUT2D eigenvalue weighted by atomic mass is 35.5. The first-order valence-corrected chi connectivity index (χ1v) is 18.4. The second-order valence-corrected chi connectivity index (χ2v) is 13.7. The van der Waals surface area contributed by atoms with Crippen molar-refractivity contribution in [3.8, 4) is 11.5 Å². The lowest BCUT2D eigenvalue weighted by Crippen LogP contribution is -2.48. The number of aliphatic hydroxyl groups excluding tert-OH is 1. The van der Waals surface area contributed by atoms with Gasteiger partial charge >= 0.3 is 11.9 Å². The monoisotopic (exact) mass is 761 g/mol. The van der Waals surface area contributed by atoms with Gasteiger partial charge in [0.1, 0.15) is 11.3 Å². The van der Waals surface area contributed by atoms with E-state index in [1.807, 2.05) is 12.1 Å². The highest BCUT2D eigenvalue weighted by Crippen LogP contribution is 2.38. The van der Waals surface area contributed by atoms with Crippen molar-refractivity contribution in [3.63, 3.8) is 0 Å². The fourth-order valence-corrected chi connectivity index (χ4v) is 7.29. The molecule has 0 aromatic heterocycles. The summed E-state index contributed by atoms with van der Waals surface area (Å²) in [4.78, 5) is 28.1. The van der Waals surface area contributed by atoms with Gasteiger partial charge in [0.25, 0.3) is 0 Å². The molecule has 0 aliphatic carbocycles. The van der Waals surface area contributed by atoms with E-state index in [0.717, 1.165) is 37.7 Å². The second kappa shape index (κ2) is 18.2. The number of rotatable bonds is 12. The van der Waals surface area contributed by atoms with Crippen molar-refractivity contribution < 1.29 is 39.9 Å². The van der Waals surface area contributed by atoms with Gasteiger partial charge in [-0.1, -0.05) is 108 Å². The third-order valence-corrected chi connectivity index (χ3v) is 10.2. The first-order chi connectivity index (χ1) is 26.7. The molecule has 10 nitrogen and oxygen atoms in total. The van der Waals surface area contributed by atoms with Crippen LogP contribution in [0.3, 0.4) is 0 Å². The Hall–Kier alpha value is -5.49. The largest absolute Gasteiger partial charge is 0.872 e. The number of hydrogen-bond donors (Lipinski definition) is 4. The van der Waals surface area contributed by atoms with Gasteiger partial charge in [0.2, 0.25) is 0 Å². The van der Waals surface area contributed by atoms with E-state index >= 15 is 0 Å². The third kappa shape index (κ3) is 9.25. The summed E-state index contributed by atoms with van der Waals surface area (Å²) >= 11 is 6.09. The van der Waals surface area contributed by atoms with Gasteiger partial charge < -0.3 is 30.3 Å². The van der Waals surface area contributed by atoms with E-state index < -0.39 is 23.4 Å². The summed E-state index contributed by atoms with van der Waals surface area (Å²) in [5.74, 6) is -3.71. The van der Waals surface area contributed by atoms with Gasteiger partial charge in [-0.2, -0.15) is 0 Å². The molecule has 7 rings (SSSR count). The third-order valence-electron chi connectivity index (χ3n) is 9.91. The van der Waals surface area contributed by atoms with Crippen LogP contribution in [0.4, 0.5) is 0 Å². The first kappa shape index (κ1) is 39.2. The fraction of sp³-hybridized carbons (Fsp3) is 0.227. The number of fused-ring (bicyclic) bond motifs is 2. The number of ether oxygens (including phenoxy) is 1. The quantitative estimate of drug-likeness (QED) is 0.0978. The lowest BCUT2D eigenvalue weighted by Gasteiger charge is -2.39. The summed E-state index contributed by atoms with van der Waals surface area (Å²) in [7, 11) is 0. The molecule has 1 saturated heterocycles. The summed E-state index contributed by atoms with van der Waals surface area (Å²) in [6.07, 6.45) is -0.103. The van der Waals surface area contributed by atoms with Gasteiger partial charge in [-0.3, -0.25) is 9.80 Å². The molecule has 6 aromatic carbocycles. The van der Waals surface area contributed by atoms with E-state index in [1.165, 1.54) is 23.3 Å². The molecular formula is C44H42ClN2O8-. The van der Waals surface area contributed by atoms with Crippen LogP contribution in [-0.4, -0.2) is 94.7 Å². The Morgan fingerprint density at radius 2 is 1.25 bits per heavy atom. The van der Waals surface area contributed by atoms with Gasteiger partial charge in [-0.05, 0) is 62.5 Å². The summed E-state index contributed by atoms with van der Waals surface area (Å²) in [6.45, 7) is 6.20. The highest BCUT2D eigenvalue weighted by molar-refractivity contribution is 6.30. The summed E-state index contributed by atoms with van der Waals surface area (Å²) in [6, 6.07) is 35.7. The molecule has 0 amide bonds. The zero-order valence-corrected chi connectivity index (χ0v) is 30.9. The lowest BCUT2D eigenvalue weighted by atomic mass is 9.90. The highest BCUT2D eigenvalue weighted by Gasteiger charge is 2.26. The molecule has 0 radical (unpaired) electrons. The molecule has 4 N–H and O–H groups in total. The molecule has 55 heavy (non-hydrogen) atoms. The van der Waals surface area contributed by atoms with Gasteiger partial charge in [-0.15, -0.1) is 0 Å². The average molecular weight is 762 g/mol. The second-order valence-electron chi connectivity index (χ2n) is 13.3. The molecule has 11 heteroatoms. The number of aliphatic hydroxyl groups is 1. The number of aromatic hydroxyl groups is 1. The Morgan fingerprint density at radius 3 is 1.85 bits per heavy atom. The van der Waals surface area contributed by atoms with E-state index in [-0.39, 0.29) is 41.3 Å². The van der Waals surface area contributed by atoms with Gasteiger partial charge in [-0.25, -0.2) is 9.59 Å². The van der Waals surface area contributed by atoms with Crippen LogP contribution in [0.25, 0.3) is 21.5 Å². The van der Waals surface area contributed by atoms with Crippen LogP contribution in [0.15, 0.2) is 115 Å². The first-order valence-electron chi connectivity index (χ1n) is 18.0. The number of hydrogen-bond acceptors (Lipinski definition) is 8. The summed E-state index contributed by atoms with van der Waals surface area (Å²) < 4.78 is 5.39. The van der Waals surface area contributed by atoms with E-state index in [4.69, 9.17) is 21.4 Å². The molecule has 1 heterocycles. The van der Waals surface area contributed by atoms with Crippen molar-refractivity contribution in [2.24, 2.45) is 0 Å². The minimum atomic E-state index is -1.34. The Kier molecular flexibility index (Phi) is 13.0. The molecule has 0 saturated carbocycles. The molecule has 1 unspecified atom stereocenters. The Bertz CT molecular complexity index is 2160. The number of piperazine rings is 1. The number of phenols is 1. The summed E-state index contributed by atoms with van der Waals surface area (Å²) in [5.41, 5.74) is 2.42. The van der Waals surface area contributed by atoms with Crippen LogP contribution in [-0.2, 0) is 11.2 Å². The molecule has 0 spiro atoms. The van der Waals surface area contributed by atoms with Crippen LogP contribution in [0.2, 0.25) is 5.02 Å². The standard InChI is InChI=1S/C23H16O6.C21H27ClN2O2/c24-20-16(14-7-3-1-5-12(14)9-18(20)22(26)27)11-17-15-8-4-2-6-13(15)10-19(21(17)25)23(28)29;22-20-8-6-19(7-9-20)21(18-4-2-1-3-5-18)24-12-10-23(11-13-24)14-16-26-17-15-25/h1-10,24-25H,11H2,(H,26,27)(H,28,29);1-9,21,25H,10-17H2/p-1. The maximum atomic E-state index is 12.9. The van der Waals surface area contributed by atoms with E-state index in [2.05, 4.69) is 52.3 Å². The van der Waals surface area contributed by atoms with Crippen molar-refractivity contribution >= 4 is 45.1 Å². The van der Waals surface area contributed by atoms with E-state index in [0.29, 0.717) is 34.8 Å². The number of carboxylic acid groups (broad SMARTS) is 2. The smallest absolute Gasteiger partial charge is 0.339 e. The number of carboxylic acids is 2. The molecular weight excluding hydrogens is 720 g/mol. The maximum Gasteiger partial charge on any atom is 0.339 e. The van der Waals surface area contributed by atoms with Crippen molar-refractivity contribution in [2.45, 2.75) is 12.5 Å². The Morgan fingerprint density at radius 1 is 0.709 bits per heavy atom. The van der Waals surface area contributed by atoms with Crippen molar-refractivity contribution in [1.29, 1.82) is 0 Å². The van der Waals surface area contributed by atoms with E-state index in [9.17, 15) is 30.0 Å². The van der Waals surface area contributed by atoms with Crippen molar-refractivity contribution in [1.82, 2.24) is 9.80 Å². The average Bonchev–Trinajstić information content (AvgIpc) is 3.20. The van der Waals surface area contributed by atoms with Gasteiger partial charge in [0.15, 0.2) is 0 Å². The molecule has 6 aromatic rings. The normalized spacial score (nSPS) is 14.0. The Labute approximate surface area is 324 Å². The molecule has 1 aliphatic rings. The topological polar surface area (TPSA) is 154 Å². The summed E-state index contributed by atoms with van der Waals surface area (Å²) in [5, 5.41) is 54.4. The molecule has 1 atom stereocenters. The van der Waals surface area contributed by atoms with Crippen molar-refractivity contribution in [2.75, 3.05) is 52.5 Å². The maximum absolute atomic E-state index is 12.9.